The average Bonchev–Trinajstić information content (AvgIpc) is 3.19. The molecule has 0 saturated heterocycles. The topological polar surface area (TPSA) is 90.7 Å². The van der Waals surface area contributed by atoms with Gasteiger partial charge in [0.05, 0.1) is 24.3 Å². The van der Waals surface area contributed by atoms with Crippen LogP contribution in [0.1, 0.15) is 47.3 Å². The number of aryl methyl sites for hydroxylation is 2. The second kappa shape index (κ2) is 8.18. The second-order valence-corrected chi connectivity index (χ2v) is 9.97. The van der Waals surface area contributed by atoms with Gasteiger partial charge in [0, 0.05) is 42.7 Å². The Labute approximate surface area is 190 Å². The van der Waals surface area contributed by atoms with Crippen LogP contribution in [0, 0.1) is 0 Å². The number of hydrogen-bond donors (Lipinski definition) is 1. The van der Waals surface area contributed by atoms with Gasteiger partial charge < -0.3 is 19.1 Å². The van der Waals surface area contributed by atoms with Gasteiger partial charge in [-0.15, -0.1) is 11.3 Å². The minimum atomic E-state index is -1.20. The van der Waals surface area contributed by atoms with E-state index in [0.717, 1.165) is 32.3 Å². The molecule has 1 N–H and O–H groups in total. The first-order chi connectivity index (χ1) is 15.2. The molecule has 1 aliphatic heterocycles. The highest BCUT2D eigenvalue weighted by atomic mass is 32.1. The molecule has 0 radical (unpaired) electrons. The highest BCUT2D eigenvalue weighted by Crippen LogP contribution is 2.43. The summed E-state index contributed by atoms with van der Waals surface area (Å²) in [6.45, 7) is 6.85. The third-order valence-electron chi connectivity index (χ3n) is 5.65. The molecule has 0 fully saturated rings. The number of aromatic carboxylic acids is 1. The van der Waals surface area contributed by atoms with Gasteiger partial charge in [0.2, 0.25) is 0 Å². The molecule has 1 aromatic carbocycles. The lowest BCUT2D eigenvalue weighted by molar-refractivity contribution is 0.0694. The van der Waals surface area contributed by atoms with Crippen LogP contribution in [0.3, 0.4) is 0 Å². The molecule has 3 heterocycles. The summed E-state index contributed by atoms with van der Waals surface area (Å²) >= 11 is 1.55. The quantitative estimate of drug-likeness (QED) is 0.617. The Bertz CT molecular complexity index is 1270. The first kappa shape index (κ1) is 22.2. The lowest BCUT2D eigenvalue weighted by atomic mass is 9.80. The maximum atomic E-state index is 13.2. The summed E-state index contributed by atoms with van der Waals surface area (Å²) in [5, 5.41) is 10.5. The molecule has 0 spiro atoms. The molecule has 3 aromatic rings. The van der Waals surface area contributed by atoms with E-state index in [0.29, 0.717) is 30.9 Å². The number of nitrogens with zero attached hydrogens (tertiary/aromatic N) is 2. The fourth-order valence-electron chi connectivity index (χ4n) is 4.26. The number of rotatable bonds is 5. The van der Waals surface area contributed by atoms with E-state index >= 15 is 0 Å². The number of methoxy groups -OCH3 is 2. The van der Waals surface area contributed by atoms with Gasteiger partial charge in [-0.1, -0.05) is 20.8 Å². The predicted octanol–water partition coefficient (Wildman–Crippen LogP) is 4.35. The summed E-state index contributed by atoms with van der Waals surface area (Å²) in [7, 11) is 3.26. The number of aromatic nitrogens is 2. The lowest BCUT2D eigenvalue weighted by Crippen LogP contribution is -2.32. The van der Waals surface area contributed by atoms with Crippen molar-refractivity contribution in [2.45, 2.75) is 45.8 Å². The summed E-state index contributed by atoms with van der Waals surface area (Å²) in [4.78, 5) is 30.3. The summed E-state index contributed by atoms with van der Waals surface area (Å²) in [5.74, 6) is -0.522. The second-order valence-electron chi connectivity index (χ2n) is 8.85. The Balaban J connectivity index is 1.97. The van der Waals surface area contributed by atoms with Crippen molar-refractivity contribution in [2.75, 3.05) is 14.2 Å². The lowest BCUT2D eigenvalue weighted by Gasteiger charge is -2.31. The minimum absolute atomic E-state index is 0.193. The van der Waals surface area contributed by atoms with Gasteiger partial charge in [-0.05, 0) is 29.5 Å². The van der Waals surface area contributed by atoms with E-state index in [1.165, 1.54) is 6.20 Å². The van der Waals surface area contributed by atoms with Crippen molar-refractivity contribution < 1.29 is 19.4 Å². The Hall–Kier alpha value is -2.97. The van der Waals surface area contributed by atoms with E-state index in [2.05, 4.69) is 11.1 Å². The van der Waals surface area contributed by atoms with Crippen LogP contribution in [0.25, 0.3) is 21.7 Å². The van der Waals surface area contributed by atoms with Crippen molar-refractivity contribution in [3.63, 3.8) is 0 Å². The van der Waals surface area contributed by atoms with Crippen molar-refractivity contribution in [3.8, 4) is 27.4 Å². The van der Waals surface area contributed by atoms with Gasteiger partial charge in [-0.25, -0.2) is 9.78 Å². The van der Waals surface area contributed by atoms with Crippen molar-refractivity contribution in [1.29, 1.82) is 0 Å². The zero-order chi connectivity index (χ0) is 23.2. The van der Waals surface area contributed by atoms with Gasteiger partial charge in [0.25, 0.3) is 0 Å². The number of carbonyl (C=O) groups is 1. The zero-order valence-corrected chi connectivity index (χ0v) is 19.6. The van der Waals surface area contributed by atoms with Crippen LogP contribution < -0.4 is 10.2 Å². The summed E-state index contributed by atoms with van der Waals surface area (Å²) < 4.78 is 12.8. The molecular formula is C24H26N2O5S. The monoisotopic (exact) mass is 454 g/mol. The van der Waals surface area contributed by atoms with E-state index in [1.807, 2.05) is 37.6 Å². The molecule has 7 nitrogen and oxygen atoms in total. The van der Waals surface area contributed by atoms with Crippen LogP contribution in [-0.2, 0) is 29.7 Å². The molecule has 0 aliphatic carbocycles. The fourth-order valence-corrected chi connectivity index (χ4v) is 5.17. The number of thiazole rings is 1. The summed E-state index contributed by atoms with van der Waals surface area (Å²) in [6, 6.07) is 4.06. The molecule has 0 unspecified atom stereocenters. The van der Waals surface area contributed by atoms with E-state index in [9.17, 15) is 14.7 Å². The average molecular weight is 455 g/mol. The van der Waals surface area contributed by atoms with Gasteiger partial charge in [-0.3, -0.25) is 4.79 Å². The molecule has 0 bridgehead atoms. The van der Waals surface area contributed by atoms with Gasteiger partial charge in [0.15, 0.2) is 5.43 Å². The first-order valence-electron chi connectivity index (χ1n) is 10.3. The van der Waals surface area contributed by atoms with Crippen LogP contribution in [0.4, 0.5) is 0 Å². The first-order valence-corrected chi connectivity index (χ1v) is 11.1. The standard InChI is InChI=1S/C24H26N2O5S/c1-24(2,3)20-21-14-9-17(31-5)15(18-10-25-19(32-18)12-30-4)8-13(14)6-7-26(21)11-16(22(20)27)23(28)29/h8-11H,6-7,12H2,1-5H3,(H,28,29). The molecule has 32 heavy (non-hydrogen) atoms. The van der Waals surface area contributed by atoms with Crippen molar-refractivity contribution >= 4 is 17.3 Å². The SMILES string of the molecule is COCc1ncc(-c2cc3c(cc2OC)-c2c(C(C)(C)C)c(=O)c(C(=O)O)cn2CC3)s1. The van der Waals surface area contributed by atoms with Crippen LogP contribution in [-0.4, -0.2) is 34.8 Å². The number of hydrogen-bond acceptors (Lipinski definition) is 6. The fraction of sp³-hybridized carbons (Fsp3) is 0.375. The molecule has 0 atom stereocenters. The maximum Gasteiger partial charge on any atom is 0.341 e. The summed E-state index contributed by atoms with van der Waals surface area (Å²) in [6.07, 6.45) is 4.01. The largest absolute Gasteiger partial charge is 0.496 e. The van der Waals surface area contributed by atoms with E-state index in [-0.39, 0.29) is 5.56 Å². The number of ether oxygens (including phenoxy) is 2. The van der Waals surface area contributed by atoms with Gasteiger partial charge >= 0.3 is 5.97 Å². The Kier molecular flexibility index (Phi) is 5.68. The third-order valence-corrected chi connectivity index (χ3v) is 6.65. The minimum Gasteiger partial charge on any atom is -0.496 e. The molecule has 0 amide bonds. The van der Waals surface area contributed by atoms with E-state index < -0.39 is 16.8 Å². The highest BCUT2D eigenvalue weighted by Gasteiger charge is 2.31. The number of fused-ring (bicyclic) bond motifs is 3. The molecule has 8 heteroatoms. The van der Waals surface area contributed by atoms with Crippen LogP contribution in [0.15, 0.2) is 29.3 Å². The van der Waals surface area contributed by atoms with Gasteiger partial charge in [0.1, 0.15) is 16.3 Å². The molecule has 2 aromatic heterocycles. The molecule has 0 saturated carbocycles. The Morgan fingerprint density at radius 1 is 1.25 bits per heavy atom. The highest BCUT2D eigenvalue weighted by molar-refractivity contribution is 7.15. The predicted molar refractivity (Wildman–Crippen MR) is 124 cm³/mol. The third kappa shape index (κ3) is 3.73. The van der Waals surface area contributed by atoms with Crippen LogP contribution in [0.5, 0.6) is 5.75 Å². The normalized spacial score (nSPS) is 12.9. The van der Waals surface area contributed by atoms with Crippen molar-refractivity contribution in [3.05, 3.63) is 56.4 Å². The van der Waals surface area contributed by atoms with Crippen LogP contribution in [0.2, 0.25) is 0 Å². The summed E-state index contributed by atoms with van der Waals surface area (Å²) in [5.41, 5.74) is 3.05. The van der Waals surface area contributed by atoms with E-state index in [1.54, 1.807) is 25.6 Å². The maximum absolute atomic E-state index is 13.2. The number of carboxylic acids is 1. The zero-order valence-electron chi connectivity index (χ0n) is 18.8. The van der Waals surface area contributed by atoms with Crippen molar-refractivity contribution in [2.24, 2.45) is 0 Å². The number of carboxylic acid groups (broad SMARTS) is 1. The molecule has 4 rings (SSSR count). The van der Waals surface area contributed by atoms with Crippen LogP contribution >= 0.6 is 11.3 Å². The molecule has 1 aliphatic rings. The van der Waals surface area contributed by atoms with E-state index in [4.69, 9.17) is 9.47 Å². The number of benzene rings is 1. The van der Waals surface area contributed by atoms with Gasteiger partial charge in [-0.2, -0.15) is 0 Å². The molecular weight excluding hydrogens is 428 g/mol. The van der Waals surface area contributed by atoms with Crippen molar-refractivity contribution in [1.82, 2.24) is 9.55 Å². The Morgan fingerprint density at radius 3 is 2.62 bits per heavy atom. The molecule has 168 valence electrons. The number of pyridine rings is 1. The smallest absolute Gasteiger partial charge is 0.341 e. The Morgan fingerprint density at radius 2 is 2.00 bits per heavy atom.